The van der Waals surface area contributed by atoms with Crippen molar-refractivity contribution in [2.45, 2.75) is 26.4 Å². The third-order valence-electron chi connectivity index (χ3n) is 3.93. The van der Waals surface area contributed by atoms with E-state index in [0.29, 0.717) is 5.56 Å². The number of halogens is 1. The normalized spacial score (nSPS) is 11.1. The van der Waals surface area contributed by atoms with Crippen LogP contribution in [0.3, 0.4) is 0 Å². The number of rotatable bonds is 6. The lowest BCUT2D eigenvalue weighted by Crippen LogP contribution is -2.19. The van der Waals surface area contributed by atoms with Crippen molar-refractivity contribution >= 4 is 12.4 Å². The summed E-state index contributed by atoms with van der Waals surface area (Å²) in [6.07, 6.45) is 0. The van der Waals surface area contributed by atoms with Gasteiger partial charge in [-0.2, -0.15) is 5.26 Å². The number of hydrogen-bond acceptors (Lipinski definition) is 4. The fourth-order valence-electron chi connectivity index (χ4n) is 2.54. The van der Waals surface area contributed by atoms with Crippen molar-refractivity contribution in [1.29, 1.82) is 5.26 Å². The Morgan fingerprint density at radius 3 is 2.21 bits per heavy atom. The topological polar surface area (TPSA) is 54.3 Å². The fraction of sp³-hybridized carbons (Fsp3) is 0.316. The molecule has 1 unspecified atom stereocenters. The highest BCUT2D eigenvalue weighted by molar-refractivity contribution is 5.85. The van der Waals surface area contributed by atoms with Gasteiger partial charge in [0.05, 0.1) is 25.9 Å². The maximum Gasteiger partial charge on any atom is 0.161 e. The molecule has 0 aromatic heterocycles. The minimum absolute atomic E-state index is 0. The summed E-state index contributed by atoms with van der Waals surface area (Å²) in [6, 6.07) is 13.9. The lowest BCUT2D eigenvalue weighted by atomic mass is 10.0. The van der Waals surface area contributed by atoms with Crippen LogP contribution < -0.4 is 14.8 Å². The maximum atomic E-state index is 8.83. The Morgan fingerprint density at radius 2 is 1.67 bits per heavy atom. The third-order valence-corrected chi connectivity index (χ3v) is 3.93. The van der Waals surface area contributed by atoms with Crippen LogP contribution >= 0.6 is 12.4 Å². The average Bonchev–Trinajstić information content (AvgIpc) is 2.59. The predicted octanol–water partition coefficient (Wildman–Crippen LogP) is 4.16. The number of ether oxygens (including phenoxy) is 2. The van der Waals surface area contributed by atoms with Gasteiger partial charge < -0.3 is 14.8 Å². The summed E-state index contributed by atoms with van der Waals surface area (Å²) in [5, 5.41) is 12.3. The van der Waals surface area contributed by atoms with Crippen molar-refractivity contribution < 1.29 is 9.47 Å². The number of hydrogen-bond donors (Lipinski definition) is 1. The molecular weight excluding hydrogens is 324 g/mol. The molecule has 2 aromatic rings. The van der Waals surface area contributed by atoms with E-state index < -0.39 is 0 Å². The van der Waals surface area contributed by atoms with Crippen LogP contribution in [-0.4, -0.2) is 14.2 Å². The minimum atomic E-state index is 0. The Kier molecular flexibility index (Phi) is 7.57. The van der Waals surface area contributed by atoms with Gasteiger partial charge in [0.25, 0.3) is 0 Å². The van der Waals surface area contributed by atoms with Gasteiger partial charge in [-0.15, -0.1) is 12.4 Å². The summed E-state index contributed by atoms with van der Waals surface area (Å²) in [6.45, 7) is 4.93. The first-order chi connectivity index (χ1) is 11.1. The lowest BCUT2D eigenvalue weighted by Gasteiger charge is -2.19. The van der Waals surface area contributed by atoms with Crippen LogP contribution in [0.4, 0.5) is 0 Å². The number of methoxy groups -OCH3 is 2. The van der Waals surface area contributed by atoms with Gasteiger partial charge in [-0.25, -0.2) is 0 Å². The van der Waals surface area contributed by atoms with E-state index in [1.54, 1.807) is 14.2 Å². The van der Waals surface area contributed by atoms with Gasteiger partial charge in [-0.05, 0) is 54.8 Å². The Morgan fingerprint density at radius 1 is 1.08 bits per heavy atom. The number of aryl methyl sites for hydroxylation is 1. The van der Waals surface area contributed by atoms with Crippen LogP contribution in [0.1, 0.15) is 35.2 Å². The number of nitrogens with one attached hydrogen (secondary N) is 1. The summed E-state index contributed by atoms with van der Waals surface area (Å²) in [5.74, 6) is 1.48. The van der Waals surface area contributed by atoms with Gasteiger partial charge in [0.2, 0.25) is 0 Å². The highest BCUT2D eigenvalue weighted by atomic mass is 35.5. The van der Waals surface area contributed by atoms with E-state index in [2.05, 4.69) is 25.2 Å². The average molecular weight is 347 g/mol. The van der Waals surface area contributed by atoms with Gasteiger partial charge >= 0.3 is 0 Å². The minimum Gasteiger partial charge on any atom is -0.493 e. The number of benzene rings is 2. The fourth-order valence-corrected chi connectivity index (χ4v) is 2.54. The zero-order chi connectivity index (χ0) is 16.8. The van der Waals surface area contributed by atoms with E-state index in [1.807, 2.05) is 36.4 Å². The third kappa shape index (κ3) is 4.64. The quantitative estimate of drug-likeness (QED) is 0.853. The Hall–Kier alpha value is -2.22. The van der Waals surface area contributed by atoms with E-state index >= 15 is 0 Å². The molecule has 1 N–H and O–H groups in total. The highest BCUT2D eigenvalue weighted by Crippen LogP contribution is 2.32. The van der Waals surface area contributed by atoms with Crippen molar-refractivity contribution in [3.8, 4) is 17.6 Å². The van der Waals surface area contributed by atoms with Crippen molar-refractivity contribution in [1.82, 2.24) is 5.32 Å². The molecule has 2 aromatic carbocycles. The smallest absolute Gasteiger partial charge is 0.161 e. The van der Waals surface area contributed by atoms with E-state index in [1.165, 1.54) is 5.56 Å². The van der Waals surface area contributed by atoms with E-state index in [4.69, 9.17) is 14.7 Å². The number of nitrogens with zero attached hydrogens (tertiary/aromatic N) is 1. The standard InChI is InChI=1S/C19H22N2O2.ClH/c1-13-9-18(22-3)19(23-4)10-17(13)14(2)21-12-16-7-5-15(11-20)6-8-16;/h5-10,14,21H,12H2,1-4H3;1H. The number of nitriles is 1. The van der Waals surface area contributed by atoms with Crippen molar-refractivity contribution in [2.75, 3.05) is 14.2 Å². The van der Waals surface area contributed by atoms with Crippen LogP contribution in [-0.2, 0) is 6.54 Å². The second-order valence-corrected chi connectivity index (χ2v) is 5.48. The molecule has 5 heteroatoms. The van der Waals surface area contributed by atoms with Crippen LogP contribution in [0.15, 0.2) is 36.4 Å². The second kappa shape index (κ2) is 9.17. The SMILES string of the molecule is COc1cc(C)c(C(C)NCc2ccc(C#N)cc2)cc1OC.Cl. The zero-order valence-corrected chi connectivity index (χ0v) is 15.2. The molecule has 0 radical (unpaired) electrons. The Bertz CT molecular complexity index is 709. The highest BCUT2D eigenvalue weighted by Gasteiger charge is 2.13. The van der Waals surface area contributed by atoms with Crippen LogP contribution in [0.25, 0.3) is 0 Å². The Labute approximate surface area is 149 Å². The summed E-state index contributed by atoms with van der Waals surface area (Å²) >= 11 is 0. The van der Waals surface area contributed by atoms with Crippen molar-refractivity contribution in [3.63, 3.8) is 0 Å². The molecule has 0 amide bonds. The molecule has 4 nitrogen and oxygen atoms in total. The Balaban J connectivity index is 0.00000288. The molecule has 128 valence electrons. The monoisotopic (exact) mass is 346 g/mol. The molecule has 0 aliphatic carbocycles. The molecule has 0 aliphatic heterocycles. The molecule has 0 spiro atoms. The summed E-state index contributed by atoms with van der Waals surface area (Å²) in [4.78, 5) is 0. The predicted molar refractivity (Wildman–Crippen MR) is 97.9 cm³/mol. The molecule has 0 heterocycles. The van der Waals surface area contributed by atoms with Crippen LogP contribution in [0.2, 0.25) is 0 Å². The lowest BCUT2D eigenvalue weighted by molar-refractivity contribution is 0.353. The molecular formula is C19H23ClN2O2. The second-order valence-electron chi connectivity index (χ2n) is 5.48. The summed E-state index contributed by atoms with van der Waals surface area (Å²) < 4.78 is 10.7. The van der Waals surface area contributed by atoms with E-state index in [0.717, 1.165) is 29.2 Å². The van der Waals surface area contributed by atoms with Gasteiger partial charge in [0.15, 0.2) is 11.5 Å². The van der Waals surface area contributed by atoms with Crippen LogP contribution in [0, 0.1) is 18.3 Å². The van der Waals surface area contributed by atoms with Gasteiger partial charge in [-0.1, -0.05) is 12.1 Å². The largest absolute Gasteiger partial charge is 0.493 e. The molecule has 0 bridgehead atoms. The zero-order valence-electron chi connectivity index (χ0n) is 14.4. The van der Waals surface area contributed by atoms with Gasteiger partial charge in [-0.3, -0.25) is 0 Å². The molecule has 24 heavy (non-hydrogen) atoms. The van der Waals surface area contributed by atoms with Crippen molar-refractivity contribution in [2.24, 2.45) is 0 Å². The molecule has 2 rings (SSSR count). The van der Waals surface area contributed by atoms with Crippen molar-refractivity contribution in [3.05, 3.63) is 58.7 Å². The molecule has 0 saturated heterocycles. The maximum absolute atomic E-state index is 8.83. The van der Waals surface area contributed by atoms with Gasteiger partial charge in [0, 0.05) is 12.6 Å². The first-order valence-electron chi connectivity index (χ1n) is 7.54. The summed E-state index contributed by atoms with van der Waals surface area (Å²) in [7, 11) is 3.29. The van der Waals surface area contributed by atoms with E-state index in [9.17, 15) is 0 Å². The first-order valence-corrected chi connectivity index (χ1v) is 7.54. The van der Waals surface area contributed by atoms with Crippen LogP contribution in [0.5, 0.6) is 11.5 Å². The molecule has 0 fully saturated rings. The van der Waals surface area contributed by atoms with Gasteiger partial charge in [0.1, 0.15) is 0 Å². The van der Waals surface area contributed by atoms with E-state index in [-0.39, 0.29) is 18.4 Å². The molecule has 0 saturated carbocycles. The first kappa shape index (κ1) is 19.8. The molecule has 1 atom stereocenters. The summed E-state index contributed by atoms with van der Waals surface area (Å²) in [5.41, 5.74) is 4.16. The molecule has 0 aliphatic rings.